The summed E-state index contributed by atoms with van der Waals surface area (Å²) in [6.45, 7) is 4.28. The standard InChI is InChI=1S/C15H22O4/c1-2-18-13-7-5-12(6-8-13)15(16)11-17-10-14-4-3-9-19-14/h5-8,14-16H,2-4,9-11H2,1H3. The largest absolute Gasteiger partial charge is 0.494 e. The lowest BCUT2D eigenvalue weighted by atomic mass is 10.1. The summed E-state index contributed by atoms with van der Waals surface area (Å²) in [5.74, 6) is 0.818. The van der Waals surface area contributed by atoms with E-state index in [1.807, 2.05) is 31.2 Å². The van der Waals surface area contributed by atoms with Crippen LogP contribution < -0.4 is 4.74 Å². The fourth-order valence-corrected chi connectivity index (χ4v) is 2.14. The Kier molecular flexibility index (Phi) is 5.63. The van der Waals surface area contributed by atoms with E-state index >= 15 is 0 Å². The van der Waals surface area contributed by atoms with E-state index in [1.165, 1.54) is 0 Å². The summed E-state index contributed by atoms with van der Waals surface area (Å²) in [5, 5.41) is 10.0. The Labute approximate surface area is 114 Å². The quantitative estimate of drug-likeness (QED) is 0.822. The van der Waals surface area contributed by atoms with Crippen LogP contribution in [-0.2, 0) is 9.47 Å². The summed E-state index contributed by atoms with van der Waals surface area (Å²) in [5.41, 5.74) is 0.843. The van der Waals surface area contributed by atoms with Gasteiger partial charge in [-0.05, 0) is 37.5 Å². The zero-order valence-electron chi connectivity index (χ0n) is 11.4. The first-order valence-corrected chi connectivity index (χ1v) is 6.89. The van der Waals surface area contributed by atoms with Gasteiger partial charge in [0.25, 0.3) is 0 Å². The molecule has 1 aliphatic heterocycles. The Morgan fingerprint density at radius 3 is 2.79 bits per heavy atom. The van der Waals surface area contributed by atoms with Crippen molar-refractivity contribution in [1.82, 2.24) is 0 Å². The van der Waals surface area contributed by atoms with E-state index in [0.717, 1.165) is 30.8 Å². The van der Waals surface area contributed by atoms with E-state index in [1.54, 1.807) is 0 Å². The molecule has 0 aliphatic carbocycles. The molecule has 1 aromatic rings. The maximum atomic E-state index is 10.0. The molecule has 2 rings (SSSR count). The third-order valence-electron chi connectivity index (χ3n) is 3.18. The van der Waals surface area contributed by atoms with E-state index < -0.39 is 6.10 Å². The van der Waals surface area contributed by atoms with Crippen molar-refractivity contribution in [2.24, 2.45) is 0 Å². The molecule has 19 heavy (non-hydrogen) atoms. The normalized spacial score (nSPS) is 20.4. The molecule has 1 N–H and O–H groups in total. The zero-order valence-corrected chi connectivity index (χ0v) is 11.4. The maximum absolute atomic E-state index is 10.0. The molecule has 0 amide bonds. The van der Waals surface area contributed by atoms with Gasteiger partial charge in [-0.2, -0.15) is 0 Å². The third-order valence-corrected chi connectivity index (χ3v) is 3.18. The number of benzene rings is 1. The monoisotopic (exact) mass is 266 g/mol. The molecule has 1 saturated heterocycles. The van der Waals surface area contributed by atoms with Crippen molar-refractivity contribution in [2.75, 3.05) is 26.4 Å². The SMILES string of the molecule is CCOc1ccc(C(O)COCC2CCCO2)cc1. The van der Waals surface area contributed by atoms with Gasteiger partial charge in [0.15, 0.2) is 0 Å². The Morgan fingerprint density at radius 1 is 1.37 bits per heavy atom. The number of ether oxygens (including phenoxy) is 3. The van der Waals surface area contributed by atoms with Crippen molar-refractivity contribution in [2.45, 2.75) is 32.0 Å². The molecule has 0 saturated carbocycles. The average Bonchev–Trinajstić information content (AvgIpc) is 2.93. The van der Waals surface area contributed by atoms with Crippen molar-refractivity contribution in [3.05, 3.63) is 29.8 Å². The van der Waals surface area contributed by atoms with Crippen LogP contribution in [0.2, 0.25) is 0 Å². The van der Waals surface area contributed by atoms with Gasteiger partial charge in [0, 0.05) is 6.61 Å². The smallest absolute Gasteiger partial charge is 0.119 e. The fraction of sp³-hybridized carbons (Fsp3) is 0.600. The predicted octanol–water partition coefficient (Wildman–Crippen LogP) is 2.31. The average molecular weight is 266 g/mol. The van der Waals surface area contributed by atoms with Gasteiger partial charge in [0.05, 0.1) is 25.9 Å². The van der Waals surface area contributed by atoms with Gasteiger partial charge >= 0.3 is 0 Å². The number of hydrogen-bond acceptors (Lipinski definition) is 4. The van der Waals surface area contributed by atoms with Crippen LogP contribution in [0.1, 0.15) is 31.4 Å². The molecule has 1 heterocycles. The molecule has 1 fully saturated rings. The highest BCUT2D eigenvalue weighted by Gasteiger charge is 2.16. The molecular formula is C15H22O4. The minimum atomic E-state index is -0.600. The lowest BCUT2D eigenvalue weighted by Crippen LogP contribution is -2.17. The molecule has 106 valence electrons. The molecule has 1 aromatic carbocycles. The first kappa shape index (κ1) is 14.3. The van der Waals surface area contributed by atoms with E-state index in [2.05, 4.69) is 0 Å². The first-order chi connectivity index (χ1) is 9.29. The van der Waals surface area contributed by atoms with Gasteiger partial charge in [-0.15, -0.1) is 0 Å². The second kappa shape index (κ2) is 7.48. The van der Waals surface area contributed by atoms with Gasteiger partial charge < -0.3 is 19.3 Å². The first-order valence-electron chi connectivity index (χ1n) is 6.89. The molecular weight excluding hydrogens is 244 g/mol. The number of aliphatic hydroxyl groups is 1. The molecule has 1 aliphatic rings. The van der Waals surface area contributed by atoms with Gasteiger partial charge in [-0.25, -0.2) is 0 Å². The van der Waals surface area contributed by atoms with Crippen LogP contribution in [0.25, 0.3) is 0 Å². The van der Waals surface area contributed by atoms with E-state index in [0.29, 0.717) is 19.8 Å². The Balaban J connectivity index is 1.73. The lowest BCUT2D eigenvalue weighted by molar-refractivity contribution is -0.0176. The van der Waals surface area contributed by atoms with E-state index in [-0.39, 0.29) is 6.10 Å². The maximum Gasteiger partial charge on any atom is 0.119 e. The summed E-state index contributed by atoms with van der Waals surface area (Å²) in [6.07, 6.45) is 1.76. The minimum Gasteiger partial charge on any atom is -0.494 e. The second-order valence-corrected chi connectivity index (χ2v) is 4.69. The Hall–Kier alpha value is -1.10. The van der Waals surface area contributed by atoms with Crippen molar-refractivity contribution in [3.8, 4) is 5.75 Å². The summed E-state index contributed by atoms with van der Waals surface area (Å²) < 4.78 is 16.3. The van der Waals surface area contributed by atoms with Crippen LogP contribution in [0.5, 0.6) is 5.75 Å². The molecule has 2 unspecified atom stereocenters. The summed E-state index contributed by atoms with van der Waals surface area (Å²) in [7, 11) is 0. The summed E-state index contributed by atoms with van der Waals surface area (Å²) >= 11 is 0. The molecule has 0 bridgehead atoms. The Morgan fingerprint density at radius 2 is 2.16 bits per heavy atom. The molecule has 4 nitrogen and oxygen atoms in total. The highest BCUT2D eigenvalue weighted by molar-refractivity contribution is 5.28. The van der Waals surface area contributed by atoms with Crippen LogP contribution in [0.3, 0.4) is 0 Å². The lowest BCUT2D eigenvalue weighted by Gasteiger charge is -2.14. The number of aliphatic hydroxyl groups excluding tert-OH is 1. The van der Waals surface area contributed by atoms with Crippen molar-refractivity contribution in [3.63, 3.8) is 0 Å². The van der Waals surface area contributed by atoms with Crippen LogP contribution >= 0.6 is 0 Å². The van der Waals surface area contributed by atoms with Crippen LogP contribution in [-0.4, -0.2) is 37.6 Å². The van der Waals surface area contributed by atoms with Crippen molar-refractivity contribution >= 4 is 0 Å². The third kappa shape index (κ3) is 4.49. The van der Waals surface area contributed by atoms with E-state index in [4.69, 9.17) is 14.2 Å². The predicted molar refractivity (Wildman–Crippen MR) is 72.4 cm³/mol. The van der Waals surface area contributed by atoms with Gasteiger partial charge in [-0.3, -0.25) is 0 Å². The van der Waals surface area contributed by atoms with E-state index in [9.17, 15) is 5.11 Å². The van der Waals surface area contributed by atoms with Crippen molar-refractivity contribution in [1.29, 1.82) is 0 Å². The van der Waals surface area contributed by atoms with Gasteiger partial charge in [0.1, 0.15) is 11.9 Å². The topological polar surface area (TPSA) is 47.9 Å². The highest BCUT2D eigenvalue weighted by Crippen LogP contribution is 2.19. The second-order valence-electron chi connectivity index (χ2n) is 4.69. The van der Waals surface area contributed by atoms with Gasteiger partial charge in [0.2, 0.25) is 0 Å². The van der Waals surface area contributed by atoms with Gasteiger partial charge in [-0.1, -0.05) is 12.1 Å². The zero-order chi connectivity index (χ0) is 13.5. The number of rotatable bonds is 7. The van der Waals surface area contributed by atoms with Crippen LogP contribution in [0.15, 0.2) is 24.3 Å². The molecule has 4 heteroatoms. The van der Waals surface area contributed by atoms with Crippen molar-refractivity contribution < 1.29 is 19.3 Å². The molecule has 2 atom stereocenters. The molecule has 0 aromatic heterocycles. The fourth-order valence-electron chi connectivity index (χ4n) is 2.14. The van der Waals surface area contributed by atoms with Crippen LogP contribution in [0, 0.1) is 0 Å². The molecule has 0 radical (unpaired) electrons. The molecule has 0 spiro atoms. The summed E-state index contributed by atoms with van der Waals surface area (Å²) in [4.78, 5) is 0. The highest BCUT2D eigenvalue weighted by atomic mass is 16.5. The van der Waals surface area contributed by atoms with Crippen LogP contribution in [0.4, 0.5) is 0 Å². The summed E-state index contributed by atoms with van der Waals surface area (Å²) in [6, 6.07) is 7.46. The Bertz CT molecular complexity index is 357. The minimum absolute atomic E-state index is 0.201. The number of hydrogen-bond donors (Lipinski definition) is 1.